The van der Waals surface area contributed by atoms with E-state index in [2.05, 4.69) is 43.3 Å². The summed E-state index contributed by atoms with van der Waals surface area (Å²) in [6, 6.07) is 13.0. The number of fused-ring (bicyclic) bond motifs is 4. The topological polar surface area (TPSA) is 17.1 Å². The van der Waals surface area contributed by atoms with Crippen LogP contribution in [0.5, 0.6) is 0 Å². The molecule has 0 aliphatic heterocycles. The molecule has 0 radical (unpaired) electrons. The number of Topliss-reactive ketones (excluding diaryl/α,β-unsaturated/α-hetero) is 1. The third-order valence-electron chi connectivity index (χ3n) is 4.60. The Kier molecular flexibility index (Phi) is 2.20. The summed E-state index contributed by atoms with van der Waals surface area (Å²) >= 11 is 0. The largest absolute Gasteiger partial charge is 0.295 e. The Morgan fingerprint density at radius 1 is 1.00 bits per heavy atom. The van der Waals surface area contributed by atoms with Gasteiger partial charge in [-0.15, -0.1) is 0 Å². The van der Waals surface area contributed by atoms with Crippen molar-refractivity contribution in [3.63, 3.8) is 0 Å². The van der Waals surface area contributed by atoms with E-state index in [0.29, 0.717) is 18.1 Å². The Balaban J connectivity index is 2.07. The minimum Gasteiger partial charge on any atom is -0.295 e. The number of rotatable bonds is 0. The van der Waals surface area contributed by atoms with Gasteiger partial charge in [0.15, 0.2) is 5.78 Å². The number of ketones is 1. The lowest BCUT2D eigenvalue weighted by atomic mass is 9.78. The number of carbonyl (C=O) groups excluding carboxylic acids is 1. The smallest absolute Gasteiger partial charge is 0.159 e. The molecule has 1 atom stereocenters. The van der Waals surface area contributed by atoms with Gasteiger partial charge in [0.25, 0.3) is 0 Å². The maximum absolute atomic E-state index is 12.0. The van der Waals surface area contributed by atoms with E-state index in [4.69, 9.17) is 0 Å². The fourth-order valence-corrected chi connectivity index (χ4v) is 3.74. The molecule has 2 aromatic rings. The SMILES string of the molecule is CC1CC2=C(CCC2=O)c2ccc3ccccc3c21. The molecule has 2 aliphatic rings. The van der Waals surface area contributed by atoms with Crippen molar-refractivity contribution >= 4 is 22.1 Å². The molecule has 1 unspecified atom stereocenters. The molecular formula is C18H16O. The first-order valence-corrected chi connectivity index (χ1v) is 7.03. The average Bonchev–Trinajstić information content (AvgIpc) is 2.80. The molecule has 0 aromatic heterocycles. The minimum absolute atomic E-state index is 0.376. The Morgan fingerprint density at radius 2 is 1.84 bits per heavy atom. The van der Waals surface area contributed by atoms with E-state index in [-0.39, 0.29) is 0 Å². The van der Waals surface area contributed by atoms with Crippen molar-refractivity contribution in [3.8, 4) is 0 Å². The van der Waals surface area contributed by atoms with Crippen LogP contribution in [0.4, 0.5) is 0 Å². The van der Waals surface area contributed by atoms with Gasteiger partial charge in [-0.1, -0.05) is 43.3 Å². The van der Waals surface area contributed by atoms with Crippen LogP contribution in [-0.4, -0.2) is 5.78 Å². The van der Waals surface area contributed by atoms with Gasteiger partial charge in [0.2, 0.25) is 0 Å². The zero-order chi connectivity index (χ0) is 13.0. The minimum atomic E-state index is 0.376. The van der Waals surface area contributed by atoms with Crippen LogP contribution in [0.2, 0.25) is 0 Å². The first-order valence-electron chi connectivity index (χ1n) is 7.03. The summed E-state index contributed by atoms with van der Waals surface area (Å²) in [7, 11) is 0. The fourth-order valence-electron chi connectivity index (χ4n) is 3.74. The summed E-state index contributed by atoms with van der Waals surface area (Å²) in [6.45, 7) is 2.25. The molecule has 1 heteroatoms. The second-order valence-corrected chi connectivity index (χ2v) is 5.73. The van der Waals surface area contributed by atoms with Crippen LogP contribution in [-0.2, 0) is 4.79 Å². The van der Waals surface area contributed by atoms with Gasteiger partial charge in [0.1, 0.15) is 0 Å². The lowest BCUT2D eigenvalue weighted by Gasteiger charge is -2.25. The summed E-state index contributed by atoms with van der Waals surface area (Å²) in [5.74, 6) is 0.822. The standard InChI is InChI=1S/C18H16O/c1-11-10-16-14(8-9-17(16)19)15-7-6-12-4-2-3-5-13(12)18(11)15/h2-7,11H,8-10H2,1H3. The van der Waals surface area contributed by atoms with Crippen molar-refractivity contribution < 1.29 is 4.79 Å². The molecule has 19 heavy (non-hydrogen) atoms. The van der Waals surface area contributed by atoms with Crippen molar-refractivity contribution in [2.75, 3.05) is 0 Å². The van der Waals surface area contributed by atoms with Gasteiger partial charge in [0.05, 0.1) is 0 Å². The first-order chi connectivity index (χ1) is 9.25. The van der Waals surface area contributed by atoms with E-state index in [1.54, 1.807) is 0 Å². The molecule has 1 nitrogen and oxygen atoms in total. The van der Waals surface area contributed by atoms with Crippen molar-refractivity contribution in [1.82, 2.24) is 0 Å². The normalized spacial score (nSPS) is 21.7. The molecule has 94 valence electrons. The highest BCUT2D eigenvalue weighted by molar-refractivity contribution is 6.09. The predicted molar refractivity (Wildman–Crippen MR) is 78.1 cm³/mol. The molecule has 0 fully saturated rings. The molecule has 4 rings (SSSR count). The zero-order valence-corrected chi connectivity index (χ0v) is 11.1. The van der Waals surface area contributed by atoms with E-state index in [9.17, 15) is 4.79 Å². The number of hydrogen-bond donors (Lipinski definition) is 0. The maximum Gasteiger partial charge on any atom is 0.159 e. The summed E-state index contributed by atoms with van der Waals surface area (Å²) in [5.41, 5.74) is 5.21. The first kappa shape index (κ1) is 11.0. The Morgan fingerprint density at radius 3 is 2.74 bits per heavy atom. The van der Waals surface area contributed by atoms with E-state index < -0.39 is 0 Å². The quantitative estimate of drug-likeness (QED) is 0.672. The molecular weight excluding hydrogens is 232 g/mol. The molecule has 0 bridgehead atoms. The highest BCUT2D eigenvalue weighted by Gasteiger charge is 2.32. The van der Waals surface area contributed by atoms with Gasteiger partial charge in [0, 0.05) is 6.42 Å². The Bertz CT molecular complexity index is 736. The van der Waals surface area contributed by atoms with Crippen LogP contribution in [0.3, 0.4) is 0 Å². The van der Waals surface area contributed by atoms with Gasteiger partial charge in [-0.3, -0.25) is 4.79 Å². The lowest BCUT2D eigenvalue weighted by Crippen LogP contribution is -2.10. The number of benzene rings is 2. The monoisotopic (exact) mass is 248 g/mol. The zero-order valence-electron chi connectivity index (χ0n) is 11.1. The number of allylic oxidation sites excluding steroid dienone is 2. The molecule has 0 spiro atoms. The summed E-state index contributed by atoms with van der Waals surface area (Å²) in [5, 5.41) is 2.67. The molecule has 2 aromatic carbocycles. The van der Waals surface area contributed by atoms with Gasteiger partial charge < -0.3 is 0 Å². The van der Waals surface area contributed by atoms with E-state index in [1.807, 2.05) is 0 Å². The molecule has 0 saturated heterocycles. The molecule has 0 heterocycles. The molecule has 0 N–H and O–H groups in total. The average molecular weight is 248 g/mol. The number of carbonyl (C=O) groups is 1. The van der Waals surface area contributed by atoms with Crippen molar-refractivity contribution in [2.24, 2.45) is 0 Å². The Hall–Kier alpha value is -1.89. The Labute approximate surface area is 112 Å². The highest BCUT2D eigenvalue weighted by atomic mass is 16.1. The molecule has 2 aliphatic carbocycles. The van der Waals surface area contributed by atoms with E-state index >= 15 is 0 Å². The van der Waals surface area contributed by atoms with Crippen LogP contribution in [0.1, 0.15) is 43.2 Å². The van der Waals surface area contributed by atoms with Gasteiger partial charge in [-0.25, -0.2) is 0 Å². The van der Waals surface area contributed by atoms with Gasteiger partial charge >= 0.3 is 0 Å². The van der Waals surface area contributed by atoms with Gasteiger partial charge in [-0.2, -0.15) is 0 Å². The summed E-state index contributed by atoms with van der Waals surface area (Å²) < 4.78 is 0. The summed E-state index contributed by atoms with van der Waals surface area (Å²) in [4.78, 5) is 12.0. The van der Waals surface area contributed by atoms with Crippen LogP contribution < -0.4 is 0 Å². The summed E-state index contributed by atoms with van der Waals surface area (Å²) in [6.07, 6.45) is 2.57. The molecule has 0 amide bonds. The van der Waals surface area contributed by atoms with E-state index in [1.165, 1.54) is 27.5 Å². The predicted octanol–water partition coefficient (Wildman–Crippen LogP) is 4.46. The second kappa shape index (κ2) is 3.80. The van der Waals surface area contributed by atoms with E-state index in [0.717, 1.165) is 18.4 Å². The maximum atomic E-state index is 12.0. The lowest BCUT2D eigenvalue weighted by molar-refractivity contribution is -0.115. The third kappa shape index (κ3) is 1.45. The third-order valence-corrected chi connectivity index (χ3v) is 4.60. The molecule has 0 saturated carbocycles. The van der Waals surface area contributed by atoms with Crippen molar-refractivity contribution in [2.45, 2.75) is 32.1 Å². The van der Waals surface area contributed by atoms with Crippen LogP contribution >= 0.6 is 0 Å². The van der Waals surface area contributed by atoms with Gasteiger partial charge in [-0.05, 0) is 51.8 Å². The van der Waals surface area contributed by atoms with Crippen molar-refractivity contribution in [1.29, 1.82) is 0 Å². The highest BCUT2D eigenvalue weighted by Crippen LogP contribution is 2.46. The fraction of sp³-hybridized carbons (Fsp3) is 0.278. The number of hydrogen-bond acceptors (Lipinski definition) is 1. The van der Waals surface area contributed by atoms with Crippen LogP contribution in [0, 0.1) is 0 Å². The van der Waals surface area contributed by atoms with Crippen molar-refractivity contribution in [3.05, 3.63) is 53.1 Å². The van der Waals surface area contributed by atoms with Crippen LogP contribution in [0.25, 0.3) is 16.3 Å². The second-order valence-electron chi connectivity index (χ2n) is 5.73. The van der Waals surface area contributed by atoms with Crippen LogP contribution in [0.15, 0.2) is 42.0 Å².